The van der Waals surface area contributed by atoms with Crippen molar-refractivity contribution in [1.29, 1.82) is 0 Å². The number of carbonyl (C=O) groups is 1. The highest BCUT2D eigenvalue weighted by Crippen LogP contribution is 2.47. The molecule has 0 unspecified atom stereocenters. The number of methoxy groups -OCH3 is 1. The molecular formula is C34H45ClN2O6S. The molecule has 8 nitrogen and oxygen atoms in total. The molecule has 1 fully saturated rings. The first kappa shape index (κ1) is 32.8. The number of ether oxygens (including phenoxy) is 2. The van der Waals surface area contributed by atoms with Crippen LogP contribution in [0.2, 0.25) is 5.02 Å². The molecule has 2 N–H and O–H groups in total. The molecule has 3 aliphatic rings. The number of allylic oxidation sites excluding steroid dienone is 1. The van der Waals surface area contributed by atoms with Crippen LogP contribution in [0.5, 0.6) is 5.75 Å². The summed E-state index contributed by atoms with van der Waals surface area (Å²) in [6.07, 6.45) is 8.18. The molecule has 2 aliphatic heterocycles. The lowest BCUT2D eigenvalue weighted by atomic mass is 9.62. The summed E-state index contributed by atoms with van der Waals surface area (Å²) in [5.41, 5.74) is 2.34. The number of carbonyl (C=O) groups excluding carboxylic acids is 1. The molecular weight excluding hydrogens is 600 g/mol. The van der Waals surface area contributed by atoms with Crippen molar-refractivity contribution in [3.05, 3.63) is 70.3 Å². The second kappa shape index (κ2) is 13.4. The van der Waals surface area contributed by atoms with Crippen molar-refractivity contribution < 1.29 is 27.8 Å². The maximum atomic E-state index is 13.4. The minimum Gasteiger partial charge on any atom is -0.487 e. The Morgan fingerprint density at radius 3 is 2.64 bits per heavy atom. The Bertz CT molecular complexity index is 1490. The molecule has 240 valence electrons. The van der Waals surface area contributed by atoms with Crippen LogP contribution in [-0.2, 0) is 27.8 Å². The predicted molar refractivity (Wildman–Crippen MR) is 174 cm³/mol. The van der Waals surface area contributed by atoms with Crippen molar-refractivity contribution in [3.8, 4) is 5.75 Å². The van der Waals surface area contributed by atoms with E-state index in [1.54, 1.807) is 39.2 Å². The molecule has 1 amide bonds. The average Bonchev–Trinajstić information content (AvgIpc) is 3.00. The SMILES string of the molecule is CO[C@@]1([C@H](C)O)/C=C/C[C@H](C)[C@@H](C)S(=O)(=O)NC(=O)c2ccc3c(c2)N(CCCCc2cc(Cl)ccc2CO3)C[C@@H]2CC[C@H]21. The third-order valence-electron chi connectivity index (χ3n) is 10.1. The largest absolute Gasteiger partial charge is 0.487 e. The molecule has 44 heavy (non-hydrogen) atoms. The first-order chi connectivity index (χ1) is 20.9. The topological polar surface area (TPSA) is 105 Å². The van der Waals surface area contributed by atoms with Crippen molar-refractivity contribution >= 4 is 33.2 Å². The van der Waals surface area contributed by atoms with Crippen LogP contribution in [0.3, 0.4) is 0 Å². The number of aliphatic hydroxyl groups excluding tert-OH is 1. The van der Waals surface area contributed by atoms with Gasteiger partial charge in [0, 0.05) is 30.8 Å². The maximum Gasteiger partial charge on any atom is 0.264 e. The fourth-order valence-electron chi connectivity index (χ4n) is 6.95. The Hall–Kier alpha value is -2.59. The molecule has 1 saturated carbocycles. The van der Waals surface area contributed by atoms with Gasteiger partial charge in [-0.25, -0.2) is 13.1 Å². The molecule has 1 aliphatic carbocycles. The van der Waals surface area contributed by atoms with Gasteiger partial charge < -0.3 is 19.5 Å². The fourth-order valence-corrected chi connectivity index (χ4v) is 8.43. The van der Waals surface area contributed by atoms with Gasteiger partial charge in [-0.2, -0.15) is 0 Å². The summed E-state index contributed by atoms with van der Waals surface area (Å²) in [6, 6.07) is 11.0. The summed E-state index contributed by atoms with van der Waals surface area (Å²) >= 11 is 6.33. The number of rotatable bonds is 2. The van der Waals surface area contributed by atoms with Gasteiger partial charge in [0.2, 0.25) is 10.0 Å². The molecule has 0 saturated heterocycles. The Morgan fingerprint density at radius 1 is 1.14 bits per heavy atom. The van der Waals surface area contributed by atoms with Crippen molar-refractivity contribution in [2.75, 3.05) is 25.1 Å². The Kier molecular flexibility index (Phi) is 10.00. The second-order valence-corrected chi connectivity index (χ2v) is 15.2. The summed E-state index contributed by atoms with van der Waals surface area (Å²) in [5, 5.41) is 11.0. The summed E-state index contributed by atoms with van der Waals surface area (Å²) in [7, 11) is -2.32. The lowest BCUT2D eigenvalue weighted by molar-refractivity contribution is -0.136. The molecule has 2 bridgehead atoms. The zero-order valence-corrected chi connectivity index (χ0v) is 27.7. The summed E-state index contributed by atoms with van der Waals surface area (Å²) in [5.74, 6) is -0.0181. The highest BCUT2D eigenvalue weighted by atomic mass is 35.5. The van der Waals surface area contributed by atoms with Crippen molar-refractivity contribution in [2.24, 2.45) is 17.8 Å². The third kappa shape index (κ3) is 6.66. The van der Waals surface area contributed by atoms with Gasteiger partial charge in [-0.05, 0) is 112 Å². The van der Waals surface area contributed by atoms with Crippen LogP contribution in [0.25, 0.3) is 0 Å². The Labute approximate surface area is 266 Å². The molecule has 5 rings (SSSR count). The van der Waals surface area contributed by atoms with Gasteiger partial charge in [0.15, 0.2) is 0 Å². The Balaban J connectivity index is 1.59. The van der Waals surface area contributed by atoms with Crippen LogP contribution in [0.1, 0.15) is 74.4 Å². The van der Waals surface area contributed by atoms with E-state index in [2.05, 4.69) is 9.62 Å². The third-order valence-corrected chi connectivity index (χ3v) is 12.3. The minimum absolute atomic E-state index is 0.0635. The highest BCUT2D eigenvalue weighted by molar-refractivity contribution is 7.90. The number of aliphatic hydroxyl groups is 1. The number of aryl methyl sites for hydroxylation is 1. The highest BCUT2D eigenvalue weighted by Gasteiger charge is 2.50. The molecule has 0 spiro atoms. The van der Waals surface area contributed by atoms with Crippen molar-refractivity contribution in [1.82, 2.24) is 4.72 Å². The number of hydrogen-bond acceptors (Lipinski definition) is 7. The number of nitrogens with zero attached hydrogens (tertiary/aromatic N) is 1. The van der Waals surface area contributed by atoms with Gasteiger partial charge in [0.25, 0.3) is 5.91 Å². The number of sulfonamides is 1. The monoisotopic (exact) mass is 644 g/mol. The number of hydrogen-bond donors (Lipinski definition) is 2. The zero-order valence-electron chi connectivity index (χ0n) is 26.1. The fraction of sp³-hybridized carbons (Fsp3) is 0.559. The van der Waals surface area contributed by atoms with Crippen LogP contribution < -0.4 is 14.4 Å². The first-order valence-electron chi connectivity index (χ1n) is 15.7. The van der Waals surface area contributed by atoms with Gasteiger partial charge in [-0.15, -0.1) is 0 Å². The molecule has 2 aromatic rings. The van der Waals surface area contributed by atoms with E-state index in [1.807, 2.05) is 37.3 Å². The van der Waals surface area contributed by atoms with Crippen LogP contribution in [-0.4, -0.2) is 56.6 Å². The number of amides is 1. The van der Waals surface area contributed by atoms with E-state index < -0.39 is 32.9 Å². The van der Waals surface area contributed by atoms with E-state index in [0.717, 1.165) is 55.5 Å². The molecule has 0 radical (unpaired) electrons. The standard InChI is InChI=1S/C34H45ClN2O6S/c1-22-8-7-16-34(42-4,24(3)38)30-14-11-27(30)20-37-17-6-5-9-25-18-29(35)13-10-28(25)21-43-32-15-12-26(19-31(32)37)33(39)36-44(40,41)23(22)2/h7,10,12-13,15-16,18-19,22-24,27,30,38H,5-6,8-9,11,14,17,20-21H2,1-4H3,(H,36,39)/b16-7+/t22-,23+,24-,27-,30+,34+/m0/s1. The lowest BCUT2D eigenvalue weighted by Crippen LogP contribution is -2.56. The number of fused-ring (bicyclic) bond motifs is 3. The summed E-state index contributed by atoms with van der Waals surface area (Å²) in [6.45, 7) is 6.98. The van der Waals surface area contributed by atoms with E-state index in [0.29, 0.717) is 30.3 Å². The Morgan fingerprint density at radius 2 is 1.93 bits per heavy atom. The average molecular weight is 645 g/mol. The van der Waals surface area contributed by atoms with Crippen LogP contribution >= 0.6 is 11.6 Å². The van der Waals surface area contributed by atoms with E-state index in [-0.39, 0.29) is 23.3 Å². The maximum absolute atomic E-state index is 13.4. The molecule has 10 heteroatoms. The normalized spacial score (nSPS) is 30.7. The zero-order chi connectivity index (χ0) is 31.6. The van der Waals surface area contributed by atoms with Gasteiger partial charge in [0.05, 0.1) is 17.0 Å². The molecule has 0 aromatic heterocycles. The number of benzene rings is 2. The second-order valence-electron chi connectivity index (χ2n) is 12.8. The first-order valence-corrected chi connectivity index (χ1v) is 17.6. The van der Waals surface area contributed by atoms with Crippen molar-refractivity contribution in [2.45, 2.75) is 82.9 Å². The molecule has 2 heterocycles. The number of nitrogens with one attached hydrogen (secondary N) is 1. The van der Waals surface area contributed by atoms with Crippen LogP contribution in [0.4, 0.5) is 5.69 Å². The minimum atomic E-state index is -3.96. The predicted octanol–water partition coefficient (Wildman–Crippen LogP) is 5.90. The smallest absolute Gasteiger partial charge is 0.264 e. The van der Waals surface area contributed by atoms with Crippen molar-refractivity contribution in [3.63, 3.8) is 0 Å². The molecule has 6 atom stereocenters. The van der Waals surface area contributed by atoms with E-state index >= 15 is 0 Å². The molecule has 2 aromatic carbocycles. The van der Waals surface area contributed by atoms with Gasteiger partial charge in [-0.1, -0.05) is 36.7 Å². The van der Waals surface area contributed by atoms with Crippen LogP contribution in [0.15, 0.2) is 48.6 Å². The van der Waals surface area contributed by atoms with Gasteiger partial charge in [0.1, 0.15) is 18.0 Å². The van der Waals surface area contributed by atoms with E-state index in [1.165, 1.54) is 0 Å². The van der Waals surface area contributed by atoms with Crippen LogP contribution in [0, 0.1) is 17.8 Å². The lowest BCUT2D eigenvalue weighted by Gasteiger charge is -2.51. The van der Waals surface area contributed by atoms with Gasteiger partial charge in [-0.3, -0.25) is 4.79 Å². The van der Waals surface area contributed by atoms with Gasteiger partial charge >= 0.3 is 0 Å². The quantitative estimate of drug-likeness (QED) is 0.392. The number of halogens is 1. The summed E-state index contributed by atoms with van der Waals surface area (Å²) < 4.78 is 41.5. The summed E-state index contributed by atoms with van der Waals surface area (Å²) in [4.78, 5) is 15.7. The van der Waals surface area contributed by atoms with E-state index in [9.17, 15) is 18.3 Å². The number of anilines is 1. The van der Waals surface area contributed by atoms with E-state index in [4.69, 9.17) is 21.1 Å².